The number of para-hydroxylation sites is 4. The van der Waals surface area contributed by atoms with Crippen LogP contribution in [0.5, 0.6) is 0 Å². The first-order valence-electron chi connectivity index (χ1n) is 18.3. The normalized spacial score (nSPS) is 11.7. The van der Waals surface area contributed by atoms with Crippen LogP contribution >= 0.6 is 0 Å². The third-order valence-corrected chi connectivity index (χ3v) is 10.7. The molecule has 8 aromatic carbocycles. The maximum atomic E-state index is 5.43. The molecule has 252 valence electrons. The molecule has 11 rings (SSSR count). The first kappa shape index (κ1) is 30.3. The van der Waals surface area contributed by atoms with Crippen molar-refractivity contribution in [3.8, 4) is 45.0 Å². The number of benzene rings is 8. The number of fused-ring (bicyclic) bond motifs is 8. The smallest absolute Gasteiger partial charge is 0.0973 e. The fourth-order valence-electron chi connectivity index (χ4n) is 8.33. The van der Waals surface area contributed by atoms with E-state index in [1.165, 1.54) is 43.6 Å². The molecule has 11 aromatic rings. The molecule has 0 aliphatic heterocycles. The van der Waals surface area contributed by atoms with Gasteiger partial charge in [-0.05, 0) is 48.0 Å². The van der Waals surface area contributed by atoms with Gasteiger partial charge >= 0.3 is 0 Å². The van der Waals surface area contributed by atoms with E-state index in [-0.39, 0.29) is 0 Å². The molecule has 0 saturated carbocycles. The summed E-state index contributed by atoms with van der Waals surface area (Å²) in [6, 6.07) is 68.8. The quantitative estimate of drug-likeness (QED) is 0.180. The lowest BCUT2D eigenvalue weighted by atomic mass is 10.0. The third kappa shape index (κ3) is 4.64. The molecule has 4 nitrogen and oxygen atoms in total. The summed E-state index contributed by atoms with van der Waals surface area (Å²) in [6.45, 7) is 0. The average molecular weight is 689 g/mol. The summed E-state index contributed by atoms with van der Waals surface area (Å²) in [6.07, 6.45) is 0. The van der Waals surface area contributed by atoms with Gasteiger partial charge in [-0.1, -0.05) is 152 Å². The summed E-state index contributed by atoms with van der Waals surface area (Å²) < 4.78 is 4.89. The van der Waals surface area contributed by atoms with Crippen molar-refractivity contribution >= 4 is 54.6 Å². The summed E-state index contributed by atoms with van der Waals surface area (Å²) in [5, 5.41) is 4.92. The molecular formula is C50H32N4. The summed E-state index contributed by atoms with van der Waals surface area (Å²) in [4.78, 5) is 10.7. The zero-order valence-electron chi connectivity index (χ0n) is 29.3. The molecule has 0 spiro atoms. The molecule has 3 heterocycles. The minimum atomic E-state index is 0.863. The Morgan fingerprint density at radius 1 is 0.333 bits per heavy atom. The van der Waals surface area contributed by atoms with Crippen LogP contribution in [-0.2, 0) is 0 Å². The molecular weight excluding hydrogens is 657 g/mol. The number of hydrogen-bond donors (Lipinski definition) is 0. The van der Waals surface area contributed by atoms with Crippen molar-refractivity contribution in [2.75, 3.05) is 0 Å². The van der Waals surface area contributed by atoms with Crippen LogP contribution in [0.1, 0.15) is 0 Å². The molecule has 0 bridgehead atoms. The summed E-state index contributed by atoms with van der Waals surface area (Å²) in [7, 11) is 0. The molecule has 0 radical (unpaired) electrons. The van der Waals surface area contributed by atoms with Gasteiger partial charge in [-0.15, -0.1) is 0 Å². The van der Waals surface area contributed by atoms with E-state index < -0.39 is 0 Å². The fourth-order valence-corrected chi connectivity index (χ4v) is 8.33. The maximum absolute atomic E-state index is 5.43. The minimum Gasteiger partial charge on any atom is -0.307 e. The van der Waals surface area contributed by atoms with Gasteiger partial charge in [-0.25, -0.2) is 9.97 Å². The SMILES string of the molecule is c1ccc(-c2nc3cccc(-c4cccc(-n5c6ccccc6c6ccc7c8ccccc8n(-c8ccccc8)c7c65)c4)c3nc2-c2ccccc2)cc1. The second-order valence-electron chi connectivity index (χ2n) is 13.8. The van der Waals surface area contributed by atoms with Crippen molar-refractivity contribution in [3.63, 3.8) is 0 Å². The van der Waals surface area contributed by atoms with Gasteiger partial charge in [0.15, 0.2) is 0 Å². The Bertz CT molecular complexity index is 3200. The van der Waals surface area contributed by atoms with Crippen LogP contribution in [0.25, 0.3) is 99.7 Å². The zero-order valence-corrected chi connectivity index (χ0v) is 29.3. The molecule has 0 amide bonds. The first-order chi connectivity index (χ1) is 26.8. The average Bonchev–Trinajstić information content (AvgIpc) is 3.77. The Morgan fingerprint density at radius 2 is 0.815 bits per heavy atom. The molecule has 0 atom stereocenters. The van der Waals surface area contributed by atoms with E-state index in [4.69, 9.17) is 9.97 Å². The predicted molar refractivity (Wildman–Crippen MR) is 225 cm³/mol. The van der Waals surface area contributed by atoms with Gasteiger partial charge in [0, 0.05) is 49.6 Å². The monoisotopic (exact) mass is 688 g/mol. The van der Waals surface area contributed by atoms with E-state index in [1.54, 1.807) is 0 Å². The Hall–Kier alpha value is -7.30. The molecule has 4 heteroatoms. The highest BCUT2D eigenvalue weighted by atomic mass is 15.0. The molecule has 0 N–H and O–H groups in total. The zero-order chi connectivity index (χ0) is 35.6. The van der Waals surface area contributed by atoms with Gasteiger partial charge in [-0.3, -0.25) is 0 Å². The summed E-state index contributed by atoms with van der Waals surface area (Å²) >= 11 is 0. The molecule has 0 saturated heterocycles. The van der Waals surface area contributed by atoms with Crippen molar-refractivity contribution in [1.82, 2.24) is 19.1 Å². The van der Waals surface area contributed by atoms with Crippen LogP contribution in [0.3, 0.4) is 0 Å². The van der Waals surface area contributed by atoms with Gasteiger partial charge < -0.3 is 9.13 Å². The third-order valence-electron chi connectivity index (χ3n) is 10.7. The van der Waals surface area contributed by atoms with Gasteiger partial charge in [0.25, 0.3) is 0 Å². The lowest BCUT2D eigenvalue weighted by molar-refractivity contribution is 1.15. The van der Waals surface area contributed by atoms with E-state index in [0.717, 1.165) is 56.0 Å². The van der Waals surface area contributed by atoms with E-state index in [1.807, 2.05) is 12.1 Å². The molecule has 0 aliphatic carbocycles. The van der Waals surface area contributed by atoms with Crippen LogP contribution in [-0.4, -0.2) is 19.1 Å². The molecule has 54 heavy (non-hydrogen) atoms. The topological polar surface area (TPSA) is 35.6 Å². The lowest BCUT2D eigenvalue weighted by Gasteiger charge is -2.15. The van der Waals surface area contributed by atoms with Crippen molar-refractivity contribution in [3.05, 3.63) is 194 Å². The lowest BCUT2D eigenvalue weighted by Crippen LogP contribution is -1.99. The highest BCUT2D eigenvalue weighted by Gasteiger charge is 2.22. The van der Waals surface area contributed by atoms with Crippen LogP contribution in [0.2, 0.25) is 0 Å². The Kier molecular flexibility index (Phi) is 6.82. The summed E-state index contributed by atoms with van der Waals surface area (Å²) in [5.41, 5.74) is 14.7. The van der Waals surface area contributed by atoms with Crippen molar-refractivity contribution in [2.45, 2.75) is 0 Å². The minimum absolute atomic E-state index is 0.863. The maximum Gasteiger partial charge on any atom is 0.0973 e. The standard InChI is InChI=1S/C50H32N4/c1-4-16-33(17-5-1)46-47(34-18-6-2-7-19-34)52-48-38(26-15-27-43(48)51-46)35-20-14-23-37(32-35)54-45-29-13-11-25-40(45)42-31-30-41-39-24-10-12-28-44(39)53(49(41)50(42)54)36-21-8-3-9-22-36/h1-32H. The highest BCUT2D eigenvalue weighted by molar-refractivity contribution is 6.23. The molecule has 0 fully saturated rings. The second-order valence-corrected chi connectivity index (χ2v) is 13.8. The number of nitrogens with zero attached hydrogens (tertiary/aromatic N) is 4. The molecule has 0 unspecified atom stereocenters. The Balaban J connectivity index is 1.19. The van der Waals surface area contributed by atoms with Crippen molar-refractivity contribution in [1.29, 1.82) is 0 Å². The fraction of sp³-hybridized carbons (Fsp3) is 0. The largest absolute Gasteiger partial charge is 0.307 e. The van der Waals surface area contributed by atoms with E-state index in [2.05, 4.69) is 191 Å². The van der Waals surface area contributed by atoms with E-state index in [0.29, 0.717) is 0 Å². The number of hydrogen-bond acceptors (Lipinski definition) is 2. The summed E-state index contributed by atoms with van der Waals surface area (Å²) in [5.74, 6) is 0. The number of aromatic nitrogens is 4. The van der Waals surface area contributed by atoms with Crippen molar-refractivity contribution in [2.24, 2.45) is 0 Å². The number of rotatable bonds is 5. The van der Waals surface area contributed by atoms with Gasteiger partial charge in [0.2, 0.25) is 0 Å². The molecule has 0 aliphatic rings. The van der Waals surface area contributed by atoms with Crippen LogP contribution in [0.4, 0.5) is 0 Å². The van der Waals surface area contributed by atoms with Crippen molar-refractivity contribution < 1.29 is 0 Å². The molecule has 3 aromatic heterocycles. The highest BCUT2D eigenvalue weighted by Crippen LogP contribution is 2.42. The van der Waals surface area contributed by atoms with Gasteiger partial charge in [0.1, 0.15) is 0 Å². The van der Waals surface area contributed by atoms with Gasteiger partial charge in [-0.2, -0.15) is 0 Å². The van der Waals surface area contributed by atoms with E-state index in [9.17, 15) is 0 Å². The Labute approximate surface area is 311 Å². The van der Waals surface area contributed by atoms with Crippen LogP contribution in [0.15, 0.2) is 194 Å². The predicted octanol–water partition coefficient (Wildman–Crippen LogP) is 12.8. The Morgan fingerprint density at radius 3 is 1.44 bits per heavy atom. The van der Waals surface area contributed by atoms with Gasteiger partial charge in [0.05, 0.1) is 44.5 Å². The van der Waals surface area contributed by atoms with E-state index >= 15 is 0 Å². The second kappa shape index (κ2) is 12.1. The van der Waals surface area contributed by atoms with Crippen LogP contribution in [0, 0.1) is 0 Å². The van der Waals surface area contributed by atoms with Crippen LogP contribution < -0.4 is 0 Å². The first-order valence-corrected chi connectivity index (χ1v) is 18.3.